The Morgan fingerprint density at radius 3 is 2.50 bits per heavy atom. The molecule has 0 aliphatic carbocycles. The molecule has 3 nitrogen and oxygen atoms in total. The fourth-order valence-electron chi connectivity index (χ4n) is 2.76. The zero-order chi connectivity index (χ0) is 15.5. The number of nitrogens with zero attached hydrogens (tertiary/aromatic N) is 1. The molecule has 1 heterocycles. The van der Waals surface area contributed by atoms with Crippen LogP contribution in [0.4, 0.5) is 5.69 Å². The van der Waals surface area contributed by atoms with Gasteiger partial charge in [0.2, 0.25) is 0 Å². The summed E-state index contributed by atoms with van der Waals surface area (Å²) in [5, 5.41) is 0. The van der Waals surface area contributed by atoms with E-state index in [1.54, 1.807) is 7.11 Å². The SMILES string of the molecule is CCCN1C(=O)/C(=C\c2ccc(OC)cc2)c2ccccc21. The summed E-state index contributed by atoms with van der Waals surface area (Å²) in [5.74, 6) is 0.895. The first-order valence-corrected chi connectivity index (χ1v) is 7.51. The summed E-state index contributed by atoms with van der Waals surface area (Å²) in [6.45, 7) is 2.83. The Morgan fingerprint density at radius 2 is 1.82 bits per heavy atom. The number of methoxy groups -OCH3 is 1. The van der Waals surface area contributed by atoms with Crippen LogP contribution in [0.2, 0.25) is 0 Å². The lowest BCUT2D eigenvalue weighted by Crippen LogP contribution is -2.26. The molecule has 0 saturated carbocycles. The van der Waals surface area contributed by atoms with Crippen LogP contribution in [0, 0.1) is 0 Å². The number of carbonyl (C=O) groups is 1. The van der Waals surface area contributed by atoms with Crippen LogP contribution in [0.5, 0.6) is 5.75 Å². The van der Waals surface area contributed by atoms with Crippen molar-refractivity contribution in [1.29, 1.82) is 0 Å². The Balaban J connectivity index is 2.02. The molecular weight excluding hydrogens is 274 g/mol. The number of ether oxygens (including phenoxy) is 1. The maximum absolute atomic E-state index is 12.7. The number of hydrogen-bond donors (Lipinski definition) is 0. The highest BCUT2D eigenvalue weighted by molar-refractivity contribution is 6.35. The van der Waals surface area contributed by atoms with E-state index in [-0.39, 0.29) is 5.91 Å². The first-order chi connectivity index (χ1) is 10.7. The van der Waals surface area contributed by atoms with Crippen LogP contribution in [0.1, 0.15) is 24.5 Å². The van der Waals surface area contributed by atoms with E-state index in [4.69, 9.17) is 4.74 Å². The molecule has 0 radical (unpaired) electrons. The van der Waals surface area contributed by atoms with Gasteiger partial charge in [0.15, 0.2) is 0 Å². The minimum atomic E-state index is 0.0823. The highest BCUT2D eigenvalue weighted by Gasteiger charge is 2.31. The average Bonchev–Trinajstić information content (AvgIpc) is 2.82. The summed E-state index contributed by atoms with van der Waals surface area (Å²) < 4.78 is 5.17. The maximum Gasteiger partial charge on any atom is 0.258 e. The first-order valence-electron chi connectivity index (χ1n) is 7.51. The highest BCUT2D eigenvalue weighted by Crippen LogP contribution is 2.37. The normalized spacial score (nSPS) is 15.3. The quantitative estimate of drug-likeness (QED) is 0.798. The molecule has 3 rings (SSSR count). The van der Waals surface area contributed by atoms with Crippen molar-refractivity contribution < 1.29 is 9.53 Å². The van der Waals surface area contributed by atoms with Gasteiger partial charge >= 0.3 is 0 Å². The predicted molar refractivity (Wildman–Crippen MR) is 90.0 cm³/mol. The molecule has 3 heteroatoms. The van der Waals surface area contributed by atoms with E-state index >= 15 is 0 Å². The van der Waals surface area contributed by atoms with Gasteiger partial charge < -0.3 is 9.64 Å². The van der Waals surface area contributed by atoms with Crippen molar-refractivity contribution >= 4 is 23.2 Å². The Bertz CT molecular complexity index is 716. The molecule has 1 amide bonds. The number of hydrogen-bond acceptors (Lipinski definition) is 2. The lowest BCUT2D eigenvalue weighted by Gasteiger charge is -2.15. The summed E-state index contributed by atoms with van der Waals surface area (Å²) >= 11 is 0. The van der Waals surface area contributed by atoms with E-state index in [0.29, 0.717) is 0 Å². The Kier molecular flexibility index (Phi) is 3.96. The van der Waals surface area contributed by atoms with Crippen LogP contribution in [-0.4, -0.2) is 19.6 Å². The van der Waals surface area contributed by atoms with Gasteiger partial charge in [-0.05, 0) is 36.3 Å². The summed E-state index contributed by atoms with van der Waals surface area (Å²) in [4.78, 5) is 14.6. The molecular formula is C19H19NO2. The number of amides is 1. The van der Waals surface area contributed by atoms with E-state index in [1.165, 1.54) is 0 Å². The van der Waals surface area contributed by atoms with E-state index in [2.05, 4.69) is 6.92 Å². The molecule has 0 fully saturated rings. The molecule has 0 spiro atoms. The molecule has 22 heavy (non-hydrogen) atoms. The molecule has 2 aromatic rings. The third-order valence-electron chi connectivity index (χ3n) is 3.83. The van der Waals surface area contributed by atoms with Crippen molar-refractivity contribution in [2.75, 3.05) is 18.6 Å². The number of carbonyl (C=O) groups excluding carboxylic acids is 1. The van der Waals surface area contributed by atoms with Crippen LogP contribution in [0.15, 0.2) is 48.5 Å². The van der Waals surface area contributed by atoms with Gasteiger partial charge in [0.25, 0.3) is 5.91 Å². The molecule has 1 aliphatic rings. The van der Waals surface area contributed by atoms with Crippen molar-refractivity contribution in [2.45, 2.75) is 13.3 Å². The first kappa shape index (κ1) is 14.4. The van der Waals surface area contributed by atoms with E-state index in [9.17, 15) is 4.79 Å². The number of rotatable bonds is 4. The number of benzene rings is 2. The van der Waals surface area contributed by atoms with Crippen molar-refractivity contribution in [3.63, 3.8) is 0 Å². The number of fused-ring (bicyclic) bond motifs is 1. The van der Waals surface area contributed by atoms with Crippen molar-refractivity contribution in [3.05, 3.63) is 59.7 Å². The molecule has 0 atom stereocenters. The number of para-hydroxylation sites is 1. The highest BCUT2D eigenvalue weighted by atomic mass is 16.5. The minimum absolute atomic E-state index is 0.0823. The van der Waals surface area contributed by atoms with E-state index in [0.717, 1.165) is 41.1 Å². The maximum atomic E-state index is 12.7. The zero-order valence-electron chi connectivity index (χ0n) is 12.9. The van der Waals surface area contributed by atoms with Crippen molar-refractivity contribution in [3.8, 4) is 5.75 Å². The predicted octanol–water partition coefficient (Wildman–Crippen LogP) is 3.99. The van der Waals surface area contributed by atoms with Gasteiger partial charge in [-0.25, -0.2) is 0 Å². The molecule has 0 bridgehead atoms. The number of anilines is 1. The van der Waals surface area contributed by atoms with Crippen LogP contribution >= 0.6 is 0 Å². The van der Waals surface area contributed by atoms with Crippen LogP contribution in [-0.2, 0) is 4.79 Å². The van der Waals surface area contributed by atoms with Crippen LogP contribution in [0.25, 0.3) is 11.6 Å². The second kappa shape index (κ2) is 6.06. The lowest BCUT2D eigenvalue weighted by molar-refractivity contribution is -0.113. The van der Waals surface area contributed by atoms with E-state index in [1.807, 2.05) is 59.5 Å². The molecule has 0 N–H and O–H groups in total. The van der Waals surface area contributed by atoms with Crippen LogP contribution in [0.3, 0.4) is 0 Å². The molecule has 112 valence electrons. The van der Waals surface area contributed by atoms with E-state index < -0.39 is 0 Å². The van der Waals surface area contributed by atoms with Gasteiger partial charge in [0, 0.05) is 17.7 Å². The second-order valence-corrected chi connectivity index (χ2v) is 5.31. The summed E-state index contributed by atoms with van der Waals surface area (Å²) in [6, 6.07) is 15.7. The standard InChI is InChI=1S/C19H19NO2/c1-3-12-20-18-7-5-4-6-16(18)17(19(20)21)13-14-8-10-15(22-2)11-9-14/h4-11,13H,3,12H2,1-2H3/b17-13-. The van der Waals surface area contributed by atoms with Gasteiger partial charge in [-0.3, -0.25) is 4.79 Å². The Labute approximate surface area is 130 Å². The molecule has 0 unspecified atom stereocenters. The topological polar surface area (TPSA) is 29.5 Å². The van der Waals surface area contributed by atoms with Gasteiger partial charge in [0.05, 0.1) is 12.8 Å². The summed E-state index contributed by atoms with van der Waals surface area (Å²) in [5.41, 5.74) is 3.78. The van der Waals surface area contributed by atoms with Gasteiger partial charge in [-0.15, -0.1) is 0 Å². The summed E-state index contributed by atoms with van der Waals surface area (Å²) in [6.07, 6.45) is 2.89. The largest absolute Gasteiger partial charge is 0.497 e. The molecule has 0 saturated heterocycles. The third-order valence-corrected chi connectivity index (χ3v) is 3.83. The fourth-order valence-corrected chi connectivity index (χ4v) is 2.76. The van der Waals surface area contributed by atoms with Gasteiger partial charge in [0.1, 0.15) is 5.75 Å². The molecule has 0 aromatic heterocycles. The Hall–Kier alpha value is -2.55. The zero-order valence-corrected chi connectivity index (χ0v) is 12.9. The fraction of sp³-hybridized carbons (Fsp3) is 0.211. The van der Waals surface area contributed by atoms with Crippen LogP contribution < -0.4 is 9.64 Å². The molecule has 2 aromatic carbocycles. The lowest BCUT2D eigenvalue weighted by atomic mass is 10.0. The molecule has 1 aliphatic heterocycles. The van der Waals surface area contributed by atoms with Crippen molar-refractivity contribution in [2.24, 2.45) is 0 Å². The monoisotopic (exact) mass is 293 g/mol. The second-order valence-electron chi connectivity index (χ2n) is 5.31. The minimum Gasteiger partial charge on any atom is -0.497 e. The average molecular weight is 293 g/mol. The third kappa shape index (κ3) is 2.50. The van der Waals surface area contributed by atoms with Gasteiger partial charge in [-0.1, -0.05) is 37.3 Å². The van der Waals surface area contributed by atoms with Crippen molar-refractivity contribution in [1.82, 2.24) is 0 Å². The summed E-state index contributed by atoms with van der Waals surface area (Å²) in [7, 11) is 1.65. The Morgan fingerprint density at radius 1 is 1.09 bits per heavy atom. The smallest absolute Gasteiger partial charge is 0.258 e. The van der Waals surface area contributed by atoms with Gasteiger partial charge in [-0.2, -0.15) is 0 Å².